The van der Waals surface area contributed by atoms with Crippen LogP contribution in [0.4, 0.5) is 0 Å². The van der Waals surface area contributed by atoms with Gasteiger partial charge < -0.3 is 19.9 Å². The second-order valence-corrected chi connectivity index (χ2v) is 7.57. The van der Waals surface area contributed by atoms with E-state index in [0.29, 0.717) is 18.5 Å². The maximum absolute atomic E-state index is 13.1. The highest BCUT2D eigenvalue weighted by molar-refractivity contribution is 5.85. The molecule has 1 aliphatic carbocycles. The molecule has 0 radical (unpaired) electrons. The van der Waals surface area contributed by atoms with Gasteiger partial charge in [0.15, 0.2) is 0 Å². The van der Waals surface area contributed by atoms with E-state index >= 15 is 0 Å². The van der Waals surface area contributed by atoms with Crippen molar-refractivity contribution < 1.29 is 14.1 Å². The summed E-state index contributed by atoms with van der Waals surface area (Å²) in [5, 5.41) is 10.5. The molecule has 2 N–H and O–H groups in total. The van der Waals surface area contributed by atoms with Crippen molar-refractivity contribution in [3.8, 4) is 0 Å². The number of nitrogens with zero attached hydrogens (tertiary/aromatic N) is 2. The van der Waals surface area contributed by atoms with Crippen LogP contribution < -0.4 is 10.6 Å². The smallest absolute Gasteiger partial charge is 0.228 e. The van der Waals surface area contributed by atoms with Crippen LogP contribution in [0.2, 0.25) is 0 Å². The van der Waals surface area contributed by atoms with Crippen molar-refractivity contribution in [2.75, 3.05) is 39.4 Å². The molecule has 3 fully saturated rings. The molecule has 9 heteroatoms. The number of carbonyl (C=O) groups is 1. The van der Waals surface area contributed by atoms with Crippen molar-refractivity contribution in [3.05, 3.63) is 18.0 Å². The predicted octanol–water partition coefficient (Wildman–Crippen LogP) is 1.61. The summed E-state index contributed by atoms with van der Waals surface area (Å²) >= 11 is 0. The molecule has 1 aromatic rings. The third-order valence-electron chi connectivity index (χ3n) is 6.31. The lowest BCUT2D eigenvalue weighted by atomic mass is 9.61. The van der Waals surface area contributed by atoms with Gasteiger partial charge in [0.2, 0.25) is 5.91 Å². The van der Waals surface area contributed by atoms with Gasteiger partial charge in [0.25, 0.3) is 0 Å². The summed E-state index contributed by atoms with van der Waals surface area (Å²) in [6.45, 7) is 5.98. The molecular weight excluding hydrogens is 391 g/mol. The molecule has 0 unspecified atom stereocenters. The fraction of sp³-hybridized carbons (Fsp3) is 0.778. The fourth-order valence-electron chi connectivity index (χ4n) is 4.84. The number of hydrogen-bond donors (Lipinski definition) is 2. The summed E-state index contributed by atoms with van der Waals surface area (Å²) in [5.41, 5.74) is 0.497. The minimum Gasteiger partial charge on any atom is -0.379 e. The number of piperidine rings is 1. The Hall–Kier alpha value is -0.860. The molecule has 154 valence electrons. The van der Waals surface area contributed by atoms with Gasteiger partial charge in [0, 0.05) is 31.7 Å². The number of hydrogen-bond acceptors (Lipinski definition) is 6. The zero-order valence-electron chi connectivity index (χ0n) is 15.5. The molecule has 7 nitrogen and oxygen atoms in total. The van der Waals surface area contributed by atoms with Gasteiger partial charge in [0.1, 0.15) is 12.0 Å². The fourth-order valence-corrected chi connectivity index (χ4v) is 4.84. The maximum atomic E-state index is 13.1. The molecular formula is C18H30Cl2N4O3. The Morgan fingerprint density at radius 2 is 2.15 bits per heavy atom. The highest BCUT2D eigenvalue weighted by Crippen LogP contribution is 2.46. The standard InChI is InChI=1S/C18H28N4O3.2ClH/c23-17(20-12-15-3-8-25-21-15)18-4-1-16(22-6-9-24-10-7-22)11-14(18)2-5-19-13-18;;/h3,8,14,16,19H,1-2,4-7,9-13H2,(H,20,23);2*1H/t14-,16+,18-;;/m1../s1. The van der Waals surface area contributed by atoms with Crippen LogP contribution >= 0.6 is 24.8 Å². The van der Waals surface area contributed by atoms with E-state index in [4.69, 9.17) is 9.26 Å². The number of nitrogens with one attached hydrogen (secondary N) is 2. The van der Waals surface area contributed by atoms with E-state index < -0.39 is 0 Å². The van der Waals surface area contributed by atoms with Crippen LogP contribution in [-0.2, 0) is 16.1 Å². The summed E-state index contributed by atoms with van der Waals surface area (Å²) < 4.78 is 10.3. The molecule has 0 aromatic carbocycles. The molecule has 0 bridgehead atoms. The molecule has 1 saturated carbocycles. The molecule has 1 amide bonds. The van der Waals surface area contributed by atoms with E-state index in [-0.39, 0.29) is 36.1 Å². The Bertz CT molecular complexity index is 583. The van der Waals surface area contributed by atoms with Gasteiger partial charge in [-0.25, -0.2) is 0 Å². The quantitative estimate of drug-likeness (QED) is 0.769. The molecule has 27 heavy (non-hydrogen) atoms. The number of fused-ring (bicyclic) bond motifs is 1. The van der Waals surface area contributed by atoms with Gasteiger partial charge >= 0.3 is 0 Å². The first-order valence-corrected chi connectivity index (χ1v) is 9.48. The first-order chi connectivity index (χ1) is 12.3. The molecule has 3 atom stereocenters. The summed E-state index contributed by atoms with van der Waals surface area (Å²) in [6, 6.07) is 2.40. The van der Waals surface area contributed by atoms with Crippen LogP contribution in [-0.4, -0.2) is 61.4 Å². The third kappa shape index (κ3) is 4.77. The van der Waals surface area contributed by atoms with Crippen LogP contribution in [0, 0.1) is 11.3 Å². The first-order valence-electron chi connectivity index (χ1n) is 9.48. The first kappa shape index (κ1) is 22.4. The van der Waals surface area contributed by atoms with E-state index in [0.717, 1.165) is 70.8 Å². The van der Waals surface area contributed by atoms with Gasteiger partial charge in [-0.3, -0.25) is 9.69 Å². The summed E-state index contributed by atoms with van der Waals surface area (Å²) in [7, 11) is 0. The van der Waals surface area contributed by atoms with Crippen LogP contribution in [0.5, 0.6) is 0 Å². The average molecular weight is 421 g/mol. The van der Waals surface area contributed by atoms with E-state index in [1.807, 2.05) is 0 Å². The van der Waals surface area contributed by atoms with E-state index in [9.17, 15) is 4.79 Å². The molecule has 4 rings (SSSR count). The number of halogens is 2. The molecule has 0 spiro atoms. The maximum Gasteiger partial charge on any atom is 0.228 e. The van der Waals surface area contributed by atoms with Crippen molar-refractivity contribution in [3.63, 3.8) is 0 Å². The molecule has 3 heterocycles. The predicted molar refractivity (Wildman–Crippen MR) is 106 cm³/mol. The summed E-state index contributed by atoms with van der Waals surface area (Å²) in [4.78, 5) is 15.7. The van der Waals surface area contributed by atoms with Crippen LogP contribution in [0.3, 0.4) is 0 Å². The Kier molecular flexibility index (Phi) is 8.37. The Labute approximate surface area is 172 Å². The number of rotatable bonds is 4. The highest BCUT2D eigenvalue weighted by atomic mass is 35.5. The number of amides is 1. The normalized spacial score (nSPS) is 31.1. The number of ether oxygens (including phenoxy) is 1. The van der Waals surface area contributed by atoms with Crippen molar-refractivity contribution >= 4 is 30.7 Å². The largest absolute Gasteiger partial charge is 0.379 e. The van der Waals surface area contributed by atoms with Crippen molar-refractivity contribution in [2.24, 2.45) is 11.3 Å². The molecule has 2 saturated heterocycles. The SMILES string of the molecule is Cl.Cl.O=C(NCc1ccon1)[C@@]12CC[C@H](N3CCOCC3)C[C@H]1CCNC2. The Morgan fingerprint density at radius 3 is 2.89 bits per heavy atom. The number of carbonyl (C=O) groups excluding carboxylic acids is 1. The summed E-state index contributed by atoms with van der Waals surface area (Å²) in [5.74, 6) is 0.626. The van der Waals surface area contributed by atoms with E-state index in [1.165, 1.54) is 6.26 Å². The van der Waals surface area contributed by atoms with Gasteiger partial charge in [0.05, 0.1) is 25.2 Å². The van der Waals surface area contributed by atoms with E-state index in [2.05, 4.69) is 20.7 Å². The minimum atomic E-state index is -0.273. The van der Waals surface area contributed by atoms with Crippen molar-refractivity contribution in [1.29, 1.82) is 0 Å². The van der Waals surface area contributed by atoms with Gasteiger partial charge in [-0.1, -0.05) is 5.16 Å². The lowest BCUT2D eigenvalue weighted by Crippen LogP contribution is -2.60. The zero-order chi connectivity index (χ0) is 17.1. The van der Waals surface area contributed by atoms with Gasteiger partial charge in [-0.05, 0) is 38.1 Å². The van der Waals surface area contributed by atoms with E-state index in [1.54, 1.807) is 6.07 Å². The second kappa shape index (κ2) is 10.1. The minimum absolute atomic E-state index is 0. The third-order valence-corrected chi connectivity index (χ3v) is 6.31. The molecule has 2 aliphatic heterocycles. The van der Waals surface area contributed by atoms with Crippen LogP contribution in [0.25, 0.3) is 0 Å². The molecule has 1 aromatic heterocycles. The summed E-state index contributed by atoms with van der Waals surface area (Å²) in [6.07, 6.45) is 5.79. The average Bonchev–Trinajstić information content (AvgIpc) is 3.20. The van der Waals surface area contributed by atoms with Crippen molar-refractivity contribution in [2.45, 2.75) is 38.3 Å². The van der Waals surface area contributed by atoms with Crippen LogP contribution in [0.15, 0.2) is 16.9 Å². The van der Waals surface area contributed by atoms with Gasteiger partial charge in [-0.2, -0.15) is 0 Å². The number of morpholine rings is 1. The van der Waals surface area contributed by atoms with Gasteiger partial charge in [-0.15, -0.1) is 24.8 Å². The zero-order valence-corrected chi connectivity index (χ0v) is 17.2. The number of aromatic nitrogens is 1. The lowest BCUT2D eigenvalue weighted by molar-refractivity contribution is -0.140. The topological polar surface area (TPSA) is 79.6 Å². The Balaban J connectivity index is 0.00000131. The monoisotopic (exact) mass is 420 g/mol. The molecule has 3 aliphatic rings. The highest BCUT2D eigenvalue weighted by Gasteiger charge is 2.50. The second-order valence-electron chi connectivity index (χ2n) is 7.57. The van der Waals surface area contributed by atoms with Crippen molar-refractivity contribution in [1.82, 2.24) is 20.7 Å². The van der Waals surface area contributed by atoms with Crippen LogP contribution in [0.1, 0.15) is 31.4 Å². The lowest BCUT2D eigenvalue weighted by Gasteiger charge is -2.50. The Morgan fingerprint density at radius 1 is 1.33 bits per heavy atom.